The van der Waals surface area contributed by atoms with E-state index in [1.807, 2.05) is 49.7 Å². The summed E-state index contributed by atoms with van der Waals surface area (Å²) in [5.74, 6) is -0.0404. The third-order valence-electron chi connectivity index (χ3n) is 3.16. The summed E-state index contributed by atoms with van der Waals surface area (Å²) in [6.45, 7) is 7.32. The van der Waals surface area contributed by atoms with Crippen molar-refractivity contribution in [1.29, 1.82) is 0 Å². The maximum absolute atomic E-state index is 12.1. The van der Waals surface area contributed by atoms with Gasteiger partial charge in [0.2, 0.25) is 0 Å². The third-order valence-corrected chi connectivity index (χ3v) is 3.16. The number of aryl methyl sites for hydroxylation is 3. The van der Waals surface area contributed by atoms with E-state index in [1.165, 1.54) is 0 Å². The van der Waals surface area contributed by atoms with Crippen molar-refractivity contribution in [3.63, 3.8) is 0 Å². The molecule has 0 aliphatic carbocycles. The maximum Gasteiger partial charge on any atom is 0.251 e. The lowest BCUT2D eigenvalue weighted by Gasteiger charge is -2.09. The smallest absolute Gasteiger partial charge is 0.251 e. The van der Waals surface area contributed by atoms with Gasteiger partial charge in [-0.05, 0) is 38.5 Å². The number of hydrogen-bond acceptors (Lipinski definition) is 2. The van der Waals surface area contributed by atoms with E-state index in [-0.39, 0.29) is 5.91 Å². The molecule has 0 unspecified atom stereocenters. The van der Waals surface area contributed by atoms with Crippen LogP contribution in [0.2, 0.25) is 0 Å². The summed E-state index contributed by atoms with van der Waals surface area (Å²) in [4.78, 5) is 12.1. The molecule has 1 N–H and O–H groups in total. The molecule has 4 heteroatoms. The Kier molecular flexibility index (Phi) is 4.00. The second-order valence-electron chi connectivity index (χ2n) is 4.64. The van der Waals surface area contributed by atoms with Crippen LogP contribution in [0.5, 0.6) is 0 Å². The predicted molar refractivity (Wildman–Crippen MR) is 75.0 cm³/mol. The summed E-state index contributed by atoms with van der Waals surface area (Å²) in [6, 6.07) is 7.77. The van der Waals surface area contributed by atoms with Gasteiger partial charge in [0.25, 0.3) is 5.91 Å². The molecule has 0 spiro atoms. The lowest BCUT2D eigenvalue weighted by atomic mass is 10.1. The number of carbonyl (C=O) groups excluding carboxylic acids is 1. The standard InChI is InChI=1S/C15H19N3O/c1-4-18-13(7-8-17-18)10-16-15(19)14-6-5-11(2)9-12(14)3/h5-9H,4,10H2,1-3H3,(H,16,19). The van der Waals surface area contributed by atoms with Crippen LogP contribution in [0.3, 0.4) is 0 Å². The molecule has 0 aliphatic rings. The van der Waals surface area contributed by atoms with Gasteiger partial charge in [-0.15, -0.1) is 0 Å². The Hall–Kier alpha value is -2.10. The molecule has 19 heavy (non-hydrogen) atoms. The Bertz CT molecular complexity index is 587. The molecule has 0 aliphatic heterocycles. The highest BCUT2D eigenvalue weighted by atomic mass is 16.1. The minimum Gasteiger partial charge on any atom is -0.346 e. The molecule has 2 aromatic rings. The Morgan fingerprint density at radius 1 is 1.32 bits per heavy atom. The minimum absolute atomic E-state index is 0.0404. The van der Waals surface area contributed by atoms with Crippen LogP contribution in [0.4, 0.5) is 0 Å². The van der Waals surface area contributed by atoms with Crippen LogP contribution >= 0.6 is 0 Å². The average Bonchev–Trinajstić information content (AvgIpc) is 2.83. The van der Waals surface area contributed by atoms with E-state index in [0.717, 1.165) is 28.9 Å². The zero-order chi connectivity index (χ0) is 13.8. The van der Waals surface area contributed by atoms with Crippen molar-refractivity contribution < 1.29 is 4.79 Å². The van der Waals surface area contributed by atoms with Gasteiger partial charge in [0.15, 0.2) is 0 Å². The van der Waals surface area contributed by atoms with E-state index >= 15 is 0 Å². The van der Waals surface area contributed by atoms with E-state index < -0.39 is 0 Å². The average molecular weight is 257 g/mol. The Labute approximate surface area is 113 Å². The third kappa shape index (κ3) is 3.02. The Balaban J connectivity index is 2.05. The van der Waals surface area contributed by atoms with Crippen molar-refractivity contribution in [3.05, 3.63) is 52.8 Å². The highest BCUT2D eigenvalue weighted by Gasteiger charge is 2.09. The molecule has 0 saturated heterocycles. The molecule has 0 atom stereocenters. The molecule has 4 nitrogen and oxygen atoms in total. The molecule has 100 valence electrons. The topological polar surface area (TPSA) is 46.9 Å². The van der Waals surface area contributed by atoms with Gasteiger partial charge >= 0.3 is 0 Å². The lowest BCUT2D eigenvalue weighted by Crippen LogP contribution is -2.25. The normalized spacial score (nSPS) is 10.5. The van der Waals surface area contributed by atoms with Crippen molar-refractivity contribution in [2.75, 3.05) is 0 Å². The van der Waals surface area contributed by atoms with E-state index in [4.69, 9.17) is 0 Å². The largest absolute Gasteiger partial charge is 0.346 e. The quantitative estimate of drug-likeness (QED) is 0.914. The highest BCUT2D eigenvalue weighted by molar-refractivity contribution is 5.95. The number of carbonyl (C=O) groups is 1. The first kappa shape index (κ1) is 13.3. The molecule has 2 rings (SSSR count). The van der Waals surface area contributed by atoms with Gasteiger partial charge in [0.05, 0.1) is 12.2 Å². The van der Waals surface area contributed by atoms with Crippen molar-refractivity contribution in [3.8, 4) is 0 Å². The Morgan fingerprint density at radius 3 is 2.79 bits per heavy atom. The van der Waals surface area contributed by atoms with Crippen LogP contribution in [0.1, 0.15) is 34.1 Å². The summed E-state index contributed by atoms with van der Waals surface area (Å²) >= 11 is 0. The first-order valence-electron chi connectivity index (χ1n) is 6.48. The van der Waals surface area contributed by atoms with E-state index in [2.05, 4.69) is 10.4 Å². The molecule has 0 radical (unpaired) electrons. The summed E-state index contributed by atoms with van der Waals surface area (Å²) in [5, 5.41) is 7.12. The van der Waals surface area contributed by atoms with Gasteiger partial charge in [-0.25, -0.2) is 0 Å². The number of benzene rings is 1. The number of amides is 1. The number of nitrogens with zero attached hydrogens (tertiary/aromatic N) is 2. The number of aromatic nitrogens is 2. The Morgan fingerprint density at radius 2 is 2.11 bits per heavy atom. The second-order valence-corrected chi connectivity index (χ2v) is 4.64. The predicted octanol–water partition coefficient (Wildman–Crippen LogP) is 2.45. The molecule has 0 bridgehead atoms. The van der Waals surface area contributed by atoms with E-state index in [9.17, 15) is 4.79 Å². The summed E-state index contributed by atoms with van der Waals surface area (Å²) < 4.78 is 1.88. The van der Waals surface area contributed by atoms with Crippen molar-refractivity contribution in [2.24, 2.45) is 0 Å². The number of rotatable bonds is 4. The number of hydrogen-bond donors (Lipinski definition) is 1. The zero-order valence-corrected chi connectivity index (χ0v) is 11.6. The monoisotopic (exact) mass is 257 g/mol. The molecule has 1 aromatic heterocycles. The van der Waals surface area contributed by atoms with Crippen molar-refractivity contribution >= 4 is 5.91 Å². The maximum atomic E-state index is 12.1. The highest BCUT2D eigenvalue weighted by Crippen LogP contribution is 2.10. The molecule has 0 saturated carbocycles. The first-order chi connectivity index (χ1) is 9.11. The zero-order valence-electron chi connectivity index (χ0n) is 11.6. The van der Waals surface area contributed by atoms with Crippen LogP contribution < -0.4 is 5.32 Å². The van der Waals surface area contributed by atoms with Crippen LogP contribution in [0, 0.1) is 13.8 Å². The fraction of sp³-hybridized carbons (Fsp3) is 0.333. The van der Waals surface area contributed by atoms with Crippen LogP contribution in [-0.4, -0.2) is 15.7 Å². The van der Waals surface area contributed by atoms with Crippen LogP contribution in [-0.2, 0) is 13.1 Å². The fourth-order valence-corrected chi connectivity index (χ4v) is 2.13. The van der Waals surface area contributed by atoms with Gasteiger partial charge in [-0.2, -0.15) is 5.10 Å². The molecular formula is C15H19N3O. The van der Waals surface area contributed by atoms with Crippen LogP contribution in [0.25, 0.3) is 0 Å². The summed E-state index contributed by atoms with van der Waals surface area (Å²) in [6.07, 6.45) is 1.75. The van der Waals surface area contributed by atoms with Gasteiger partial charge in [-0.3, -0.25) is 9.48 Å². The first-order valence-corrected chi connectivity index (χ1v) is 6.48. The van der Waals surface area contributed by atoms with Gasteiger partial charge in [0.1, 0.15) is 0 Å². The van der Waals surface area contributed by atoms with E-state index in [1.54, 1.807) is 6.20 Å². The molecule has 1 heterocycles. The number of nitrogens with one attached hydrogen (secondary N) is 1. The SMILES string of the molecule is CCn1nccc1CNC(=O)c1ccc(C)cc1C. The van der Waals surface area contributed by atoms with Crippen molar-refractivity contribution in [1.82, 2.24) is 15.1 Å². The molecular weight excluding hydrogens is 238 g/mol. The van der Waals surface area contributed by atoms with Crippen LogP contribution in [0.15, 0.2) is 30.5 Å². The van der Waals surface area contributed by atoms with Gasteiger partial charge < -0.3 is 5.32 Å². The van der Waals surface area contributed by atoms with Gasteiger partial charge in [0, 0.05) is 18.3 Å². The fourth-order valence-electron chi connectivity index (χ4n) is 2.13. The van der Waals surface area contributed by atoms with Crippen molar-refractivity contribution in [2.45, 2.75) is 33.9 Å². The summed E-state index contributed by atoms with van der Waals surface area (Å²) in [5.41, 5.74) is 3.91. The molecule has 0 fully saturated rings. The minimum atomic E-state index is -0.0404. The lowest BCUT2D eigenvalue weighted by molar-refractivity contribution is 0.0949. The second kappa shape index (κ2) is 5.69. The van der Waals surface area contributed by atoms with E-state index in [0.29, 0.717) is 6.54 Å². The summed E-state index contributed by atoms with van der Waals surface area (Å²) in [7, 11) is 0. The van der Waals surface area contributed by atoms with Gasteiger partial charge in [-0.1, -0.05) is 17.7 Å². The molecule has 1 amide bonds. The molecule has 1 aromatic carbocycles.